The zero-order chi connectivity index (χ0) is 17.2. The highest BCUT2D eigenvalue weighted by molar-refractivity contribution is 5.92. The van der Waals surface area contributed by atoms with Gasteiger partial charge in [0.25, 0.3) is 5.91 Å². The van der Waals surface area contributed by atoms with Crippen molar-refractivity contribution in [3.63, 3.8) is 0 Å². The fourth-order valence-electron chi connectivity index (χ4n) is 4.09. The van der Waals surface area contributed by atoms with Crippen molar-refractivity contribution in [1.82, 2.24) is 19.9 Å². The number of carbonyl (C=O) groups excluding carboxylic acids is 1. The van der Waals surface area contributed by atoms with Gasteiger partial charge >= 0.3 is 0 Å². The van der Waals surface area contributed by atoms with Crippen molar-refractivity contribution in [2.24, 2.45) is 0 Å². The summed E-state index contributed by atoms with van der Waals surface area (Å²) in [6.45, 7) is 0.706. The fraction of sp³-hybridized carbons (Fsp3) is 0.526. The molecule has 1 atom stereocenters. The summed E-state index contributed by atoms with van der Waals surface area (Å²) in [6, 6.07) is 6.81. The zero-order valence-electron chi connectivity index (χ0n) is 14.3. The topological polar surface area (TPSA) is 51.0 Å². The molecule has 1 amide bonds. The molecule has 2 aliphatic rings. The summed E-state index contributed by atoms with van der Waals surface area (Å²) in [5, 5.41) is 8.35. The van der Waals surface area contributed by atoms with Gasteiger partial charge < -0.3 is 4.90 Å². The molecule has 132 valence electrons. The zero-order valence-corrected chi connectivity index (χ0v) is 14.3. The Morgan fingerprint density at radius 1 is 1.04 bits per heavy atom. The van der Waals surface area contributed by atoms with Crippen LogP contribution in [0.15, 0.2) is 30.5 Å². The van der Waals surface area contributed by atoms with Crippen molar-refractivity contribution in [2.75, 3.05) is 6.54 Å². The number of halogens is 1. The van der Waals surface area contributed by atoms with Crippen LogP contribution in [0.3, 0.4) is 0 Å². The first-order valence-electron chi connectivity index (χ1n) is 9.20. The maximum absolute atomic E-state index is 13.2. The quantitative estimate of drug-likeness (QED) is 0.850. The Morgan fingerprint density at radius 2 is 1.80 bits per heavy atom. The number of hydrogen-bond donors (Lipinski definition) is 0. The molecule has 0 unspecified atom stereocenters. The molecule has 2 heterocycles. The summed E-state index contributed by atoms with van der Waals surface area (Å²) in [7, 11) is 0. The van der Waals surface area contributed by atoms with Gasteiger partial charge in [-0.05, 0) is 43.4 Å². The minimum Gasteiger partial charge on any atom is -0.330 e. The molecule has 0 bridgehead atoms. The number of aromatic nitrogens is 3. The normalized spacial score (nSPS) is 21.6. The SMILES string of the molecule is O=C(c1cn(C2CCCCC2)nn1)N1CCC[C@@H]1c1ccc(F)cc1. The second-order valence-corrected chi connectivity index (χ2v) is 7.08. The van der Waals surface area contributed by atoms with Gasteiger partial charge in [0.05, 0.1) is 18.3 Å². The van der Waals surface area contributed by atoms with Crippen molar-refractivity contribution < 1.29 is 9.18 Å². The van der Waals surface area contributed by atoms with Crippen LogP contribution in [-0.4, -0.2) is 32.3 Å². The Labute approximate surface area is 146 Å². The highest BCUT2D eigenvalue weighted by atomic mass is 19.1. The molecular formula is C19H23FN4O. The maximum atomic E-state index is 13.2. The minimum atomic E-state index is -0.255. The summed E-state index contributed by atoms with van der Waals surface area (Å²) in [5.74, 6) is -0.330. The molecule has 4 rings (SSSR count). The summed E-state index contributed by atoms with van der Waals surface area (Å²) in [6.07, 6.45) is 9.58. The molecule has 2 fully saturated rings. The summed E-state index contributed by atoms with van der Waals surface area (Å²) in [5.41, 5.74) is 1.39. The third-order valence-electron chi connectivity index (χ3n) is 5.45. The highest BCUT2D eigenvalue weighted by Crippen LogP contribution is 2.33. The van der Waals surface area contributed by atoms with E-state index in [1.165, 1.54) is 31.4 Å². The van der Waals surface area contributed by atoms with Crippen LogP contribution in [0, 0.1) is 5.82 Å². The highest BCUT2D eigenvalue weighted by Gasteiger charge is 2.32. The molecule has 25 heavy (non-hydrogen) atoms. The van der Waals surface area contributed by atoms with E-state index in [-0.39, 0.29) is 17.8 Å². The monoisotopic (exact) mass is 342 g/mol. The van der Waals surface area contributed by atoms with Gasteiger partial charge in [-0.3, -0.25) is 4.79 Å². The molecule has 2 aromatic rings. The lowest BCUT2D eigenvalue weighted by Gasteiger charge is -2.24. The first kappa shape index (κ1) is 16.2. The van der Waals surface area contributed by atoms with Crippen molar-refractivity contribution in [3.05, 3.63) is 47.5 Å². The standard InChI is InChI=1S/C19H23FN4O/c20-15-10-8-14(9-11-15)18-7-4-12-23(18)19(25)17-13-24(22-21-17)16-5-2-1-3-6-16/h8-11,13,16,18H,1-7,12H2/t18-/m1/s1. The number of nitrogens with zero attached hydrogens (tertiary/aromatic N) is 4. The fourth-order valence-corrected chi connectivity index (χ4v) is 4.09. The van der Waals surface area contributed by atoms with E-state index in [0.717, 1.165) is 31.2 Å². The van der Waals surface area contributed by atoms with Gasteiger partial charge in [-0.2, -0.15) is 0 Å². The number of likely N-dealkylation sites (tertiary alicyclic amines) is 1. The van der Waals surface area contributed by atoms with Gasteiger partial charge in [-0.15, -0.1) is 5.10 Å². The molecule has 1 aromatic carbocycles. The molecule has 5 nitrogen and oxygen atoms in total. The molecule has 1 aliphatic carbocycles. The molecule has 1 saturated heterocycles. The van der Waals surface area contributed by atoms with Crippen molar-refractivity contribution in [3.8, 4) is 0 Å². The Hall–Kier alpha value is -2.24. The second kappa shape index (κ2) is 6.94. The average molecular weight is 342 g/mol. The average Bonchev–Trinajstić information content (AvgIpc) is 3.32. The van der Waals surface area contributed by atoms with Crippen molar-refractivity contribution >= 4 is 5.91 Å². The van der Waals surface area contributed by atoms with Gasteiger partial charge in [0.15, 0.2) is 5.69 Å². The molecule has 6 heteroatoms. The smallest absolute Gasteiger partial charge is 0.276 e. The van der Waals surface area contributed by atoms with Crippen LogP contribution in [0.4, 0.5) is 4.39 Å². The lowest BCUT2D eigenvalue weighted by atomic mass is 9.96. The van der Waals surface area contributed by atoms with Crippen LogP contribution < -0.4 is 0 Å². The Kier molecular flexibility index (Phi) is 4.51. The first-order valence-corrected chi connectivity index (χ1v) is 9.20. The van der Waals surface area contributed by atoms with Crippen molar-refractivity contribution in [1.29, 1.82) is 0 Å². The first-order chi connectivity index (χ1) is 12.2. The largest absolute Gasteiger partial charge is 0.330 e. The Morgan fingerprint density at radius 3 is 2.56 bits per heavy atom. The molecule has 1 saturated carbocycles. The Bertz CT molecular complexity index is 736. The maximum Gasteiger partial charge on any atom is 0.276 e. The second-order valence-electron chi connectivity index (χ2n) is 7.08. The molecule has 0 N–H and O–H groups in total. The van der Waals surface area contributed by atoms with E-state index in [1.54, 1.807) is 18.3 Å². The van der Waals surface area contributed by atoms with Crippen LogP contribution in [0.25, 0.3) is 0 Å². The van der Waals surface area contributed by atoms with Crippen LogP contribution in [0.1, 0.15) is 73.1 Å². The van der Waals surface area contributed by atoms with Crippen molar-refractivity contribution in [2.45, 2.75) is 57.0 Å². The van der Waals surface area contributed by atoms with Crippen LogP contribution in [0.2, 0.25) is 0 Å². The summed E-state index contributed by atoms with van der Waals surface area (Å²) >= 11 is 0. The number of hydrogen-bond acceptors (Lipinski definition) is 3. The molecule has 1 aromatic heterocycles. The minimum absolute atomic E-state index is 0.00655. The number of amides is 1. The van der Waals surface area contributed by atoms with E-state index in [9.17, 15) is 9.18 Å². The van der Waals surface area contributed by atoms with Crippen LogP contribution in [-0.2, 0) is 0 Å². The Balaban J connectivity index is 1.51. The van der Waals surface area contributed by atoms with E-state index in [0.29, 0.717) is 18.3 Å². The van der Waals surface area contributed by atoms with E-state index < -0.39 is 0 Å². The van der Waals surface area contributed by atoms with Crippen LogP contribution in [0.5, 0.6) is 0 Å². The van der Waals surface area contributed by atoms with E-state index in [1.807, 2.05) is 9.58 Å². The van der Waals surface area contributed by atoms with E-state index in [4.69, 9.17) is 0 Å². The van der Waals surface area contributed by atoms with Crippen LogP contribution >= 0.6 is 0 Å². The molecule has 1 aliphatic heterocycles. The number of benzene rings is 1. The summed E-state index contributed by atoms with van der Waals surface area (Å²) < 4.78 is 15.0. The summed E-state index contributed by atoms with van der Waals surface area (Å²) in [4.78, 5) is 14.8. The number of carbonyl (C=O) groups is 1. The van der Waals surface area contributed by atoms with E-state index >= 15 is 0 Å². The molecule has 0 spiro atoms. The van der Waals surface area contributed by atoms with Gasteiger partial charge in [-0.1, -0.05) is 36.6 Å². The lowest BCUT2D eigenvalue weighted by molar-refractivity contribution is 0.0729. The molecule has 0 radical (unpaired) electrons. The van der Waals surface area contributed by atoms with Gasteiger partial charge in [-0.25, -0.2) is 9.07 Å². The predicted molar refractivity (Wildman–Crippen MR) is 91.6 cm³/mol. The third-order valence-corrected chi connectivity index (χ3v) is 5.45. The third kappa shape index (κ3) is 3.30. The predicted octanol–water partition coefficient (Wildman–Crippen LogP) is 3.90. The van der Waals surface area contributed by atoms with Gasteiger partial charge in [0.1, 0.15) is 5.82 Å². The van der Waals surface area contributed by atoms with Gasteiger partial charge in [0.2, 0.25) is 0 Å². The lowest BCUT2D eigenvalue weighted by Crippen LogP contribution is -2.30. The molecular weight excluding hydrogens is 319 g/mol. The van der Waals surface area contributed by atoms with Gasteiger partial charge in [0, 0.05) is 6.54 Å². The number of rotatable bonds is 3. The van der Waals surface area contributed by atoms with E-state index in [2.05, 4.69) is 10.3 Å².